The second kappa shape index (κ2) is 13.6. The maximum atomic E-state index is 12.5. The van der Waals surface area contributed by atoms with Gasteiger partial charge in [0, 0.05) is 24.5 Å². The molecule has 1 aromatic rings. The summed E-state index contributed by atoms with van der Waals surface area (Å²) < 4.78 is 10.4. The van der Waals surface area contributed by atoms with Crippen LogP contribution in [0.2, 0.25) is 5.02 Å². The van der Waals surface area contributed by atoms with Crippen LogP contribution in [0.25, 0.3) is 0 Å². The van der Waals surface area contributed by atoms with E-state index in [0.29, 0.717) is 24.5 Å². The molecule has 0 aromatic heterocycles. The molecule has 1 saturated heterocycles. The summed E-state index contributed by atoms with van der Waals surface area (Å²) in [4.78, 5) is 26.0. The molecule has 1 heterocycles. The van der Waals surface area contributed by atoms with Gasteiger partial charge in [-0.1, -0.05) is 35.9 Å². The van der Waals surface area contributed by atoms with Crippen LogP contribution in [0.4, 0.5) is 0 Å². The molecule has 7 heteroatoms. The van der Waals surface area contributed by atoms with Crippen LogP contribution in [0.15, 0.2) is 36.4 Å². The van der Waals surface area contributed by atoms with E-state index in [4.69, 9.17) is 21.1 Å². The number of rotatable bonds is 12. The second-order valence-corrected chi connectivity index (χ2v) is 8.57. The Kier molecular flexibility index (Phi) is 11.2. The van der Waals surface area contributed by atoms with Gasteiger partial charge in [-0.25, -0.2) is 4.79 Å². The Hall–Kier alpha value is -1.73. The van der Waals surface area contributed by atoms with Crippen molar-refractivity contribution in [3.8, 4) is 0 Å². The minimum atomic E-state index is -0.672. The van der Waals surface area contributed by atoms with Crippen molar-refractivity contribution < 1.29 is 24.2 Å². The Balaban J connectivity index is 1.75. The summed E-state index contributed by atoms with van der Waals surface area (Å²) in [6.45, 7) is 5.68. The molecule has 1 unspecified atom stereocenters. The summed E-state index contributed by atoms with van der Waals surface area (Å²) in [6.07, 6.45) is 6.27. The molecule has 0 saturated carbocycles. The van der Waals surface area contributed by atoms with E-state index >= 15 is 0 Å². The van der Waals surface area contributed by atoms with E-state index in [2.05, 4.69) is 4.90 Å². The Morgan fingerprint density at radius 1 is 1.35 bits per heavy atom. The average Bonchev–Trinajstić information content (AvgIpc) is 2.69. The molecule has 172 valence electrons. The quantitative estimate of drug-likeness (QED) is 0.297. The number of esters is 1. The lowest BCUT2D eigenvalue weighted by Gasteiger charge is -2.33. The Morgan fingerprint density at radius 3 is 2.90 bits per heavy atom. The zero-order valence-electron chi connectivity index (χ0n) is 18.5. The topological polar surface area (TPSA) is 76.1 Å². The summed E-state index contributed by atoms with van der Waals surface area (Å²) in [5, 5.41) is 11.0. The fraction of sp³-hybridized carbons (Fsp3) is 0.583. The van der Waals surface area contributed by atoms with Gasteiger partial charge < -0.3 is 14.6 Å². The van der Waals surface area contributed by atoms with Crippen LogP contribution in [-0.4, -0.2) is 66.3 Å². The zero-order valence-corrected chi connectivity index (χ0v) is 19.2. The minimum Gasteiger partial charge on any atom is -0.461 e. The van der Waals surface area contributed by atoms with Crippen molar-refractivity contribution in [3.63, 3.8) is 0 Å². The van der Waals surface area contributed by atoms with Gasteiger partial charge in [0.2, 0.25) is 0 Å². The van der Waals surface area contributed by atoms with Crippen LogP contribution < -0.4 is 0 Å². The summed E-state index contributed by atoms with van der Waals surface area (Å²) in [5.74, 6) is -0.164. The molecule has 0 aliphatic carbocycles. The number of aliphatic hydroxyl groups is 1. The summed E-state index contributed by atoms with van der Waals surface area (Å²) >= 11 is 6.00. The molecule has 1 aromatic carbocycles. The van der Waals surface area contributed by atoms with E-state index in [0.717, 1.165) is 37.9 Å². The lowest BCUT2D eigenvalue weighted by Crippen LogP contribution is -2.45. The first kappa shape index (κ1) is 25.5. The first-order chi connectivity index (χ1) is 14.8. The fourth-order valence-electron chi connectivity index (χ4n) is 3.61. The van der Waals surface area contributed by atoms with Gasteiger partial charge in [-0.15, -0.1) is 0 Å². The van der Waals surface area contributed by atoms with Crippen molar-refractivity contribution in [2.75, 3.05) is 26.3 Å². The van der Waals surface area contributed by atoms with Crippen LogP contribution in [0.5, 0.6) is 0 Å². The highest BCUT2D eigenvalue weighted by Gasteiger charge is 2.27. The third-order valence-corrected chi connectivity index (χ3v) is 5.25. The van der Waals surface area contributed by atoms with E-state index in [1.807, 2.05) is 24.3 Å². The van der Waals surface area contributed by atoms with Gasteiger partial charge in [0.25, 0.3) is 0 Å². The number of hydrogen-bond donors (Lipinski definition) is 1. The van der Waals surface area contributed by atoms with Crippen LogP contribution in [0.1, 0.15) is 45.1 Å². The SMILES string of the molecule is CC(C)OC(=O)COCCCCN1CCCC(=O)[C@H]1C=CC(O)Cc1cccc(Cl)c1. The number of unbranched alkanes of at least 4 members (excludes halogenated alkanes) is 1. The number of hydrogen-bond acceptors (Lipinski definition) is 6. The normalized spacial score (nSPS) is 18.6. The molecule has 6 nitrogen and oxygen atoms in total. The summed E-state index contributed by atoms with van der Waals surface area (Å²) in [6, 6.07) is 7.11. The molecule has 2 rings (SSSR count). The van der Waals surface area contributed by atoms with Crippen LogP contribution in [0.3, 0.4) is 0 Å². The third kappa shape index (κ3) is 9.95. The van der Waals surface area contributed by atoms with Gasteiger partial charge in [0.15, 0.2) is 5.78 Å². The molecule has 0 amide bonds. The van der Waals surface area contributed by atoms with Gasteiger partial charge in [-0.3, -0.25) is 9.69 Å². The monoisotopic (exact) mass is 451 g/mol. The Bertz CT molecular complexity index is 736. The number of aliphatic hydroxyl groups excluding tert-OH is 1. The number of likely N-dealkylation sites (tertiary alicyclic amines) is 1. The van der Waals surface area contributed by atoms with Gasteiger partial charge in [0.05, 0.1) is 18.2 Å². The van der Waals surface area contributed by atoms with Crippen LogP contribution in [-0.2, 0) is 25.5 Å². The number of Topliss-reactive ketones (excluding diaryl/α,β-unsaturated/α-hetero) is 1. The van der Waals surface area contributed by atoms with Gasteiger partial charge in [-0.2, -0.15) is 0 Å². The molecule has 0 spiro atoms. The lowest BCUT2D eigenvalue weighted by molar-refractivity contribution is -0.152. The van der Waals surface area contributed by atoms with E-state index in [-0.39, 0.29) is 30.5 Å². The Morgan fingerprint density at radius 2 is 2.16 bits per heavy atom. The molecule has 0 radical (unpaired) electrons. The van der Waals surface area contributed by atoms with E-state index < -0.39 is 6.10 Å². The maximum absolute atomic E-state index is 12.5. The highest BCUT2D eigenvalue weighted by molar-refractivity contribution is 6.30. The van der Waals surface area contributed by atoms with E-state index in [9.17, 15) is 14.7 Å². The average molecular weight is 452 g/mol. The predicted molar refractivity (Wildman–Crippen MR) is 121 cm³/mol. The van der Waals surface area contributed by atoms with Crippen molar-refractivity contribution in [1.29, 1.82) is 0 Å². The van der Waals surface area contributed by atoms with Crippen LogP contribution in [0, 0.1) is 0 Å². The predicted octanol–water partition coefficient (Wildman–Crippen LogP) is 3.58. The maximum Gasteiger partial charge on any atom is 0.332 e. The molecule has 1 fully saturated rings. The fourth-order valence-corrected chi connectivity index (χ4v) is 3.82. The van der Waals surface area contributed by atoms with Gasteiger partial charge >= 0.3 is 5.97 Å². The summed E-state index contributed by atoms with van der Waals surface area (Å²) in [5.41, 5.74) is 0.953. The first-order valence-electron chi connectivity index (χ1n) is 11.0. The van der Waals surface area contributed by atoms with Crippen molar-refractivity contribution in [2.45, 2.75) is 64.2 Å². The van der Waals surface area contributed by atoms with Crippen molar-refractivity contribution in [2.24, 2.45) is 0 Å². The molecule has 2 atom stereocenters. The molecule has 31 heavy (non-hydrogen) atoms. The van der Waals surface area contributed by atoms with Crippen molar-refractivity contribution in [1.82, 2.24) is 4.90 Å². The molecule has 1 aliphatic rings. The standard InChI is InChI=1S/C24H34ClNO5/c1-18(2)31-24(29)17-30-14-4-3-12-26-13-6-9-23(28)22(26)11-10-21(27)16-19-7-5-8-20(25)15-19/h5,7-8,10-11,15,18,21-22,27H,3-4,6,9,12-14,16-17H2,1-2H3/t21?,22-/m1/s1. The number of ketones is 1. The number of benzene rings is 1. The molecular weight excluding hydrogens is 418 g/mol. The number of piperidine rings is 1. The van der Waals surface area contributed by atoms with E-state index in [1.165, 1.54) is 0 Å². The molecule has 0 bridgehead atoms. The first-order valence-corrected chi connectivity index (χ1v) is 11.4. The van der Waals surface area contributed by atoms with Gasteiger partial charge in [-0.05, 0) is 63.9 Å². The minimum absolute atomic E-state index is 0.0315. The smallest absolute Gasteiger partial charge is 0.332 e. The third-order valence-electron chi connectivity index (χ3n) is 5.01. The number of carbonyl (C=O) groups excluding carboxylic acids is 2. The highest BCUT2D eigenvalue weighted by atomic mass is 35.5. The molecule has 1 N–H and O–H groups in total. The van der Waals surface area contributed by atoms with Crippen molar-refractivity contribution in [3.05, 3.63) is 47.0 Å². The lowest BCUT2D eigenvalue weighted by atomic mass is 9.98. The number of halogens is 1. The van der Waals surface area contributed by atoms with Crippen LogP contribution >= 0.6 is 11.6 Å². The molecular formula is C24H34ClNO5. The second-order valence-electron chi connectivity index (χ2n) is 8.14. The van der Waals surface area contributed by atoms with Crippen molar-refractivity contribution >= 4 is 23.4 Å². The number of carbonyl (C=O) groups is 2. The highest BCUT2D eigenvalue weighted by Crippen LogP contribution is 2.17. The van der Waals surface area contributed by atoms with E-state index in [1.54, 1.807) is 26.0 Å². The zero-order chi connectivity index (χ0) is 22.6. The number of nitrogens with zero attached hydrogens (tertiary/aromatic N) is 1. The number of ether oxygens (including phenoxy) is 2. The largest absolute Gasteiger partial charge is 0.461 e. The Labute approximate surface area is 190 Å². The van der Waals surface area contributed by atoms with Gasteiger partial charge in [0.1, 0.15) is 6.61 Å². The summed E-state index contributed by atoms with van der Waals surface area (Å²) in [7, 11) is 0. The molecule has 1 aliphatic heterocycles.